The molecule has 3 N–H and O–H groups in total. The van der Waals surface area contributed by atoms with Crippen LogP contribution in [0.3, 0.4) is 0 Å². The van der Waals surface area contributed by atoms with E-state index in [1.54, 1.807) is 12.1 Å². The van der Waals surface area contributed by atoms with Gasteiger partial charge in [-0.25, -0.2) is 0 Å². The van der Waals surface area contributed by atoms with Gasteiger partial charge in [0, 0.05) is 24.7 Å². The van der Waals surface area contributed by atoms with Gasteiger partial charge >= 0.3 is 0 Å². The molecule has 1 unspecified atom stereocenters. The van der Waals surface area contributed by atoms with Gasteiger partial charge < -0.3 is 11.1 Å². The van der Waals surface area contributed by atoms with Crippen molar-refractivity contribution in [3.8, 4) is 0 Å². The summed E-state index contributed by atoms with van der Waals surface area (Å²) in [4.78, 5) is 21.9. The van der Waals surface area contributed by atoms with Gasteiger partial charge in [-0.3, -0.25) is 14.9 Å². The summed E-state index contributed by atoms with van der Waals surface area (Å²) in [7, 11) is 0. The largest absolute Gasteiger partial charge is 0.354 e. The minimum absolute atomic E-state index is 0. The first-order chi connectivity index (χ1) is 9.06. The van der Waals surface area contributed by atoms with E-state index in [1.807, 2.05) is 0 Å². The monoisotopic (exact) mass is 299 g/mol. The molecule has 1 aliphatic carbocycles. The Balaban J connectivity index is 0.00000200. The molecule has 1 amide bonds. The highest BCUT2D eigenvalue weighted by Crippen LogP contribution is 2.31. The number of non-ortho nitro benzene ring substituents is 1. The summed E-state index contributed by atoms with van der Waals surface area (Å²) in [5.74, 6) is 0.384. The highest BCUT2D eigenvalue weighted by molar-refractivity contribution is 5.85. The summed E-state index contributed by atoms with van der Waals surface area (Å²) < 4.78 is 0. The lowest BCUT2D eigenvalue weighted by Gasteiger charge is -2.11. The lowest BCUT2D eigenvalue weighted by Crippen LogP contribution is -2.39. The number of benzene rings is 1. The molecule has 1 aliphatic rings. The maximum absolute atomic E-state index is 11.7. The van der Waals surface area contributed by atoms with Gasteiger partial charge in [-0.1, -0.05) is 12.1 Å². The normalized spacial score (nSPS) is 15.1. The molecule has 110 valence electrons. The Morgan fingerprint density at radius 3 is 2.80 bits per heavy atom. The van der Waals surface area contributed by atoms with Crippen molar-refractivity contribution in [2.45, 2.75) is 25.3 Å². The van der Waals surface area contributed by atoms with Gasteiger partial charge in [0.25, 0.3) is 5.69 Å². The average molecular weight is 300 g/mol. The molecule has 1 fully saturated rings. The molecular weight excluding hydrogens is 282 g/mol. The fraction of sp³-hybridized carbons (Fsp3) is 0.462. The molecule has 1 aromatic carbocycles. The molecule has 7 heteroatoms. The van der Waals surface area contributed by atoms with Crippen molar-refractivity contribution in [2.75, 3.05) is 6.54 Å². The van der Waals surface area contributed by atoms with E-state index in [1.165, 1.54) is 12.1 Å². The van der Waals surface area contributed by atoms with Gasteiger partial charge in [-0.15, -0.1) is 12.4 Å². The molecule has 0 spiro atoms. The van der Waals surface area contributed by atoms with Crippen LogP contribution in [0.5, 0.6) is 0 Å². The maximum atomic E-state index is 11.7. The van der Waals surface area contributed by atoms with Gasteiger partial charge in [0.15, 0.2) is 0 Å². The van der Waals surface area contributed by atoms with Crippen LogP contribution in [0, 0.1) is 16.0 Å². The number of nitro benzene ring substituents is 1. The highest BCUT2D eigenvalue weighted by Gasteiger charge is 2.28. The molecular formula is C13H18ClN3O3. The molecule has 20 heavy (non-hydrogen) atoms. The molecule has 0 aromatic heterocycles. The van der Waals surface area contributed by atoms with E-state index in [4.69, 9.17) is 5.73 Å². The van der Waals surface area contributed by atoms with Gasteiger partial charge in [0.2, 0.25) is 5.91 Å². The number of nitrogens with one attached hydrogen (secondary N) is 1. The summed E-state index contributed by atoms with van der Waals surface area (Å²) in [6.07, 6.45) is 2.42. The summed E-state index contributed by atoms with van der Waals surface area (Å²) >= 11 is 0. The Labute approximate surface area is 123 Å². The maximum Gasteiger partial charge on any atom is 0.269 e. The molecule has 1 saturated carbocycles. The van der Waals surface area contributed by atoms with Crippen LogP contribution in [0.2, 0.25) is 0 Å². The second-order valence-electron chi connectivity index (χ2n) is 4.91. The van der Waals surface area contributed by atoms with Crippen molar-refractivity contribution < 1.29 is 9.72 Å². The number of rotatable bonds is 6. The van der Waals surface area contributed by atoms with E-state index < -0.39 is 4.92 Å². The van der Waals surface area contributed by atoms with Crippen molar-refractivity contribution >= 4 is 24.0 Å². The van der Waals surface area contributed by atoms with Crippen molar-refractivity contribution in [2.24, 2.45) is 11.7 Å². The zero-order valence-electron chi connectivity index (χ0n) is 11.0. The Bertz CT molecular complexity index is 492. The third-order valence-electron chi connectivity index (χ3n) is 3.25. The van der Waals surface area contributed by atoms with E-state index in [0.29, 0.717) is 18.0 Å². The lowest BCUT2D eigenvalue weighted by molar-refractivity contribution is -0.384. The van der Waals surface area contributed by atoms with E-state index in [0.717, 1.165) is 12.8 Å². The third kappa shape index (κ3) is 4.79. The molecule has 2 rings (SSSR count). The fourth-order valence-corrected chi connectivity index (χ4v) is 1.95. The van der Waals surface area contributed by atoms with Crippen LogP contribution in [0.25, 0.3) is 0 Å². The third-order valence-corrected chi connectivity index (χ3v) is 3.25. The minimum Gasteiger partial charge on any atom is -0.354 e. The summed E-state index contributed by atoms with van der Waals surface area (Å²) in [5.41, 5.74) is 6.51. The van der Waals surface area contributed by atoms with E-state index >= 15 is 0 Å². The van der Waals surface area contributed by atoms with Crippen molar-refractivity contribution in [1.82, 2.24) is 5.32 Å². The van der Waals surface area contributed by atoms with Crippen LogP contribution in [-0.2, 0) is 11.2 Å². The predicted octanol–water partition coefficient (Wildman–Crippen LogP) is 1.41. The number of carbonyl (C=O) groups excluding carboxylic acids is 1. The van der Waals surface area contributed by atoms with Gasteiger partial charge in [-0.05, 0) is 24.3 Å². The number of nitrogens with zero attached hydrogens (tertiary/aromatic N) is 1. The molecule has 1 aromatic rings. The Hall–Kier alpha value is -1.66. The Morgan fingerprint density at radius 1 is 1.50 bits per heavy atom. The SMILES string of the molecule is Cl.NC(CNC(=O)Cc1cccc([N+](=O)[O-])c1)C1CC1. The van der Waals surface area contributed by atoms with Crippen LogP contribution < -0.4 is 11.1 Å². The molecule has 1 atom stereocenters. The van der Waals surface area contributed by atoms with E-state index in [9.17, 15) is 14.9 Å². The first-order valence-electron chi connectivity index (χ1n) is 6.32. The molecule has 0 saturated heterocycles. The fourth-order valence-electron chi connectivity index (χ4n) is 1.95. The number of nitro groups is 1. The first kappa shape index (κ1) is 16.4. The summed E-state index contributed by atoms with van der Waals surface area (Å²) in [6.45, 7) is 0.471. The number of amides is 1. The van der Waals surface area contributed by atoms with Crippen LogP contribution >= 0.6 is 12.4 Å². The molecule has 0 aliphatic heterocycles. The van der Waals surface area contributed by atoms with E-state index in [2.05, 4.69) is 5.32 Å². The van der Waals surface area contributed by atoms with Gasteiger partial charge in [-0.2, -0.15) is 0 Å². The number of nitrogens with two attached hydrogens (primary N) is 1. The highest BCUT2D eigenvalue weighted by atomic mass is 35.5. The Morgan fingerprint density at radius 2 is 2.20 bits per heavy atom. The van der Waals surface area contributed by atoms with Crippen molar-refractivity contribution in [3.63, 3.8) is 0 Å². The topological polar surface area (TPSA) is 98.3 Å². The van der Waals surface area contributed by atoms with Crippen LogP contribution in [0.15, 0.2) is 24.3 Å². The molecule has 6 nitrogen and oxygen atoms in total. The lowest BCUT2D eigenvalue weighted by atomic mass is 10.1. The van der Waals surface area contributed by atoms with Crippen LogP contribution in [0.1, 0.15) is 18.4 Å². The second kappa shape index (κ2) is 7.21. The second-order valence-corrected chi connectivity index (χ2v) is 4.91. The van der Waals surface area contributed by atoms with Crippen molar-refractivity contribution in [1.29, 1.82) is 0 Å². The number of hydrogen-bond acceptors (Lipinski definition) is 4. The quantitative estimate of drug-likeness (QED) is 0.613. The molecule has 0 bridgehead atoms. The van der Waals surface area contributed by atoms with E-state index in [-0.39, 0.29) is 36.5 Å². The minimum atomic E-state index is -0.468. The van der Waals surface area contributed by atoms with Crippen LogP contribution in [0.4, 0.5) is 5.69 Å². The Kier molecular flexibility index (Phi) is 5.91. The van der Waals surface area contributed by atoms with Crippen molar-refractivity contribution in [3.05, 3.63) is 39.9 Å². The first-order valence-corrected chi connectivity index (χ1v) is 6.32. The molecule has 0 radical (unpaired) electrons. The standard InChI is InChI=1S/C13H17N3O3.ClH/c14-12(10-4-5-10)8-15-13(17)7-9-2-1-3-11(6-9)16(18)19;/h1-3,6,10,12H,4-5,7-8,14H2,(H,15,17);1H. The zero-order chi connectivity index (χ0) is 13.8. The average Bonchev–Trinajstić information content (AvgIpc) is 3.20. The number of carbonyl (C=O) groups is 1. The summed E-state index contributed by atoms with van der Waals surface area (Å²) in [5, 5.41) is 13.4. The predicted molar refractivity (Wildman–Crippen MR) is 77.8 cm³/mol. The van der Waals surface area contributed by atoms with Crippen LogP contribution in [-0.4, -0.2) is 23.4 Å². The summed E-state index contributed by atoms with van der Waals surface area (Å²) in [6, 6.07) is 6.13. The molecule has 0 heterocycles. The van der Waals surface area contributed by atoms with Gasteiger partial charge in [0.1, 0.15) is 0 Å². The zero-order valence-corrected chi connectivity index (χ0v) is 11.8. The number of halogens is 1. The van der Waals surface area contributed by atoms with Gasteiger partial charge in [0.05, 0.1) is 11.3 Å². The smallest absolute Gasteiger partial charge is 0.269 e. The number of hydrogen-bond donors (Lipinski definition) is 2.